The number of aliphatic hydroxyl groups excluding tert-OH is 1. The number of hydrogen-bond donors (Lipinski definition) is 2. The average Bonchev–Trinajstić information content (AvgIpc) is 3.04. The van der Waals surface area contributed by atoms with Crippen LogP contribution in [0.25, 0.3) is 11.3 Å². The maximum atomic E-state index is 12.8. The van der Waals surface area contributed by atoms with Gasteiger partial charge >= 0.3 is 6.18 Å². The first-order valence-electron chi connectivity index (χ1n) is 7.00. The molecule has 1 heterocycles. The zero-order valence-electron chi connectivity index (χ0n) is 12.2. The Hall–Kier alpha value is -2.31. The van der Waals surface area contributed by atoms with Crippen molar-refractivity contribution in [2.45, 2.75) is 12.3 Å². The van der Waals surface area contributed by atoms with Crippen LogP contribution in [0.4, 0.5) is 13.2 Å². The van der Waals surface area contributed by atoms with Gasteiger partial charge in [-0.05, 0) is 29.8 Å². The standard InChI is InChI=1S/C17H12ClF3N2O/c18-13-6-4-10(5-7-13)15(24)16-22-9-14(23-16)11-2-1-3-12(8-11)17(19,20)21/h1-9,15,24H,(H,22,23). The predicted octanol–water partition coefficient (Wildman–Crippen LogP) is 4.83. The molecule has 3 aromatic rings. The first-order chi connectivity index (χ1) is 11.3. The van der Waals surface area contributed by atoms with Crippen LogP contribution in [0.1, 0.15) is 23.1 Å². The summed E-state index contributed by atoms with van der Waals surface area (Å²) < 4.78 is 38.4. The van der Waals surface area contributed by atoms with E-state index < -0.39 is 17.8 Å². The molecule has 0 radical (unpaired) electrons. The Kier molecular flexibility index (Phi) is 4.34. The van der Waals surface area contributed by atoms with Crippen LogP contribution < -0.4 is 0 Å². The molecular formula is C17H12ClF3N2O. The number of halogens is 4. The van der Waals surface area contributed by atoms with Crippen LogP contribution >= 0.6 is 11.6 Å². The average molecular weight is 353 g/mol. The largest absolute Gasteiger partial charge is 0.416 e. The SMILES string of the molecule is OC(c1ccc(Cl)cc1)c1ncc(-c2cccc(C(F)(F)F)c2)[nH]1. The van der Waals surface area contributed by atoms with Crippen molar-refractivity contribution in [2.75, 3.05) is 0 Å². The molecular weight excluding hydrogens is 341 g/mol. The predicted molar refractivity (Wildman–Crippen MR) is 84.5 cm³/mol. The second-order valence-corrected chi connectivity index (χ2v) is 5.65. The molecule has 1 aromatic heterocycles. The highest BCUT2D eigenvalue weighted by Crippen LogP contribution is 2.32. The molecule has 0 bridgehead atoms. The van der Waals surface area contributed by atoms with Gasteiger partial charge in [-0.1, -0.05) is 35.9 Å². The number of benzene rings is 2. The van der Waals surface area contributed by atoms with Crippen LogP contribution in [-0.4, -0.2) is 15.1 Å². The van der Waals surface area contributed by atoms with Crippen LogP contribution in [-0.2, 0) is 6.18 Å². The van der Waals surface area contributed by atoms with E-state index in [4.69, 9.17) is 11.6 Å². The molecule has 0 saturated heterocycles. The maximum Gasteiger partial charge on any atom is 0.416 e. The summed E-state index contributed by atoms with van der Waals surface area (Å²) >= 11 is 5.80. The molecule has 0 aliphatic heterocycles. The molecule has 0 spiro atoms. The molecule has 124 valence electrons. The maximum absolute atomic E-state index is 12.8. The van der Waals surface area contributed by atoms with E-state index in [1.54, 1.807) is 30.3 Å². The second kappa shape index (κ2) is 6.30. The lowest BCUT2D eigenvalue weighted by Crippen LogP contribution is -2.04. The van der Waals surface area contributed by atoms with Crippen LogP contribution in [0, 0.1) is 0 Å². The topological polar surface area (TPSA) is 48.9 Å². The van der Waals surface area contributed by atoms with E-state index >= 15 is 0 Å². The van der Waals surface area contributed by atoms with Gasteiger partial charge in [0.15, 0.2) is 0 Å². The lowest BCUT2D eigenvalue weighted by Gasteiger charge is -2.09. The molecule has 0 fully saturated rings. The fourth-order valence-electron chi connectivity index (χ4n) is 2.29. The van der Waals surface area contributed by atoms with Crippen molar-refractivity contribution in [1.82, 2.24) is 9.97 Å². The number of aromatic amines is 1. The monoisotopic (exact) mass is 352 g/mol. The van der Waals surface area contributed by atoms with Crippen molar-refractivity contribution in [1.29, 1.82) is 0 Å². The summed E-state index contributed by atoms with van der Waals surface area (Å²) in [6.07, 6.45) is -4.05. The Morgan fingerprint density at radius 3 is 2.46 bits per heavy atom. The number of nitrogens with zero attached hydrogens (tertiary/aromatic N) is 1. The van der Waals surface area contributed by atoms with Crippen LogP contribution in [0.2, 0.25) is 5.02 Å². The number of alkyl halides is 3. The molecule has 0 aliphatic rings. The highest BCUT2D eigenvalue weighted by Gasteiger charge is 2.30. The fourth-order valence-corrected chi connectivity index (χ4v) is 2.41. The van der Waals surface area contributed by atoms with Gasteiger partial charge in [-0.3, -0.25) is 0 Å². The minimum atomic E-state index is -4.41. The number of nitrogens with one attached hydrogen (secondary N) is 1. The summed E-state index contributed by atoms with van der Waals surface area (Å²) in [7, 11) is 0. The van der Waals surface area contributed by atoms with Gasteiger partial charge in [0.25, 0.3) is 0 Å². The zero-order valence-corrected chi connectivity index (χ0v) is 12.9. The molecule has 3 rings (SSSR count). The Morgan fingerprint density at radius 2 is 1.79 bits per heavy atom. The number of aromatic nitrogens is 2. The van der Waals surface area contributed by atoms with Gasteiger partial charge in [0.2, 0.25) is 0 Å². The van der Waals surface area contributed by atoms with Crippen molar-refractivity contribution in [3.63, 3.8) is 0 Å². The van der Waals surface area contributed by atoms with E-state index in [1.165, 1.54) is 12.3 Å². The van der Waals surface area contributed by atoms with Gasteiger partial charge in [-0.15, -0.1) is 0 Å². The minimum Gasteiger partial charge on any atom is -0.380 e. The molecule has 0 amide bonds. The third kappa shape index (κ3) is 3.44. The summed E-state index contributed by atoms with van der Waals surface area (Å²) in [4.78, 5) is 6.92. The minimum absolute atomic E-state index is 0.240. The summed E-state index contributed by atoms with van der Waals surface area (Å²) in [5, 5.41) is 10.8. The van der Waals surface area contributed by atoms with E-state index in [0.717, 1.165) is 12.1 Å². The first-order valence-corrected chi connectivity index (χ1v) is 7.38. The van der Waals surface area contributed by atoms with E-state index in [2.05, 4.69) is 9.97 Å². The van der Waals surface area contributed by atoms with Crippen molar-refractivity contribution < 1.29 is 18.3 Å². The first kappa shape index (κ1) is 16.5. The van der Waals surface area contributed by atoms with Gasteiger partial charge in [-0.25, -0.2) is 4.98 Å². The second-order valence-electron chi connectivity index (χ2n) is 5.21. The lowest BCUT2D eigenvalue weighted by molar-refractivity contribution is -0.137. The molecule has 7 heteroatoms. The Labute approximate surface area is 140 Å². The normalized spacial score (nSPS) is 13.0. The van der Waals surface area contributed by atoms with E-state index in [1.807, 2.05) is 0 Å². The third-order valence-corrected chi connectivity index (χ3v) is 3.79. The quantitative estimate of drug-likeness (QED) is 0.709. The Balaban J connectivity index is 1.89. The third-order valence-electron chi connectivity index (χ3n) is 3.54. The lowest BCUT2D eigenvalue weighted by atomic mass is 10.1. The molecule has 24 heavy (non-hydrogen) atoms. The van der Waals surface area contributed by atoms with Crippen LogP contribution in [0.3, 0.4) is 0 Å². The van der Waals surface area contributed by atoms with Crippen molar-refractivity contribution >= 4 is 11.6 Å². The molecule has 0 aliphatic carbocycles. The van der Waals surface area contributed by atoms with Gasteiger partial charge in [0.1, 0.15) is 11.9 Å². The van der Waals surface area contributed by atoms with Gasteiger partial charge < -0.3 is 10.1 Å². The van der Waals surface area contributed by atoms with Gasteiger partial charge in [0, 0.05) is 10.6 Å². The van der Waals surface area contributed by atoms with E-state index in [-0.39, 0.29) is 5.82 Å². The molecule has 2 aromatic carbocycles. The molecule has 2 N–H and O–H groups in total. The zero-order chi connectivity index (χ0) is 17.3. The number of H-pyrrole nitrogens is 1. The molecule has 1 atom stereocenters. The van der Waals surface area contributed by atoms with Crippen LogP contribution in [0.15, 0.2) is 54.7 Å². The Bertz CT molecular complexity index is 844. The fraction of sp³-hybridized carbons (Fsp3) is 0.118. The molecule has 1 unspecified atom stereocenters. The molecule has 0 saturated carbocycles. The number of rotatable bonds is 3. The number of imidazole rings is 1. The van der Waals surface area contributed by atoms with Crippen molar-refractivity contribution in [2.24, 2.45) is 0 Å². The van der Waals surface area contributed by atoms with Gasteiger partial charge in [-0.2, -0.15) is 13.2 Å². The smallest absolute Gasteiger partial charge is 0.380 e. The highest BCUT2D eigenvalue weighted by molar-refractivity contribution is 6.30. The van der Waals surface area contributed by atoms with E-state index in [0.29, 0.717) is 21.8 Å². The van der Waals surface area contributed by atoms with Gasteiger partial charge in [0.05, 0.1) is 17.5 Å². The summed E-state index contributed by atoms with van der Waals surface area (Å²) in [6, 6.07) is 11.5. The van der Waals surface area contributed by atoms with Crippen molar-refractivity contribution in [3.8, 4) is 11.3 Å². The van der Waals surface area contributed by atoms with Crippen LogP contribution in [0.5, 0.6) is 0 Å². The number of hydrogen-bond acceptors (Lipinski definition) is 2. The molecule has 3 nitrogen and oxygen atoms in total. The van der Waals surface area contributed by atoms with E-state index in [9.17, 15) is 18.3 Å². The van der Waals surface area contributed by atoms with Crippen molar-refractivity contribution in [3.05, 3.63) is 76.7 Å². The Morgan fingerprint density at radius 1 is 1.08 bits per heavy atom. The summed E-state index contributed by atoms with van der Waals surface area (Å²) in [6.45, 7) is 0. The highest BCUT2D eigenvalue weighted by atomic mass is 35.5. The summed E-state index contributed by atoms with van der Waals surface area (Å²) in [5.41, 5.74) is 0.565. The number of aliphatic hydroxyl groups is 1. The summed E-state index contributed by atoms with van der Waals surface area (Å²) in [5.74, 6) is 0.240.